The van der Waals surface area contributed by atoms with E-state index in [4.69, 9.17) is 0 Å². The van der Waals surface area contributed by atoms with Crippen LogP contribution < -0.4 is 0 Å². The second-order valence-electron chi connectivity index (χ2n) is 9.45. The molecule has 3 rings (SSSR count). The Morgan fingerprint density at radius 3 is 2.33 bits per heavy atom. The molecule has 0 saturated heterocycles. The minimum atomic E-state index is -0.823. The van der Waals surface area contributed by atoms with Crippen LogP contribution in [0.25, 0.3) is 0 Å². The number of hydrogen-bond acceptors (Lipinski definition) is 3. The summed E-state index contributed by atoms with van der Waals surface area (Å²) < 4.78 is 0. The third kappa shape index (κ3) is 3.34. The van der Waals surface area contributed by atoms with E-state index in [9.17, 15) is 24.6 Å². The summed E-state index contributed by atoms with van der Waals surface area (Å²) in [6, 6.07) is 0. The number of carbonyl (C=O) groups is 3. The van der Waals surface area contributed by atoms with E-state index in [-0.39, 0.29) is 41.3 Å². The maximum Gasteiger partial charge on any atom is 0.303 e. The Kier molecular flexibility index (Phi) is 5.26. The molecule has 0 aromatic heterocycles. The molecule has 0 aromatic carbocycles. The zero-order chi connectivity index (χ0) is 20.0. The van der Waals surface area contributed by atoms with Crippen LogP contribution >= 0.6 is 0 Å². The minimum absolute atomic E-state index is 0.0116. The van der Waals surface area contributed by atoms with E-state index in [2.05, 4.69) is 13.8 Å². The first-order valence-electron chi connectivity index (χ1n) is 10.3. The van der Waals surface area contributed by atoms with Gasteiger partial charge < -0.3 is 10.2 Å². The molecule has 27 heavy (non-hydrogen) atoms. The van der Waals surface area contributed by atoms with Crippen LogP contribution in [0.4, 0.5) is 0 Å². The largest absolute Gasteiger partial charge is 0.481 e. The Morgan fingerprint density at radius 1 is 1.04 bits per heavy atom. The number of hydrogen-bond donors (Lipinski definition) is 2. The van der Waals surface area contributed by atoms with Crippen LogP contribution in [0.3, 0.4) is 0 Å². The summed E-state index contributed by atoms with van der Waals surface area (Å²) in [5.41, 5.74) is 2.41. The van der Waals surface area contributed by atoms with Crippen molar-refractivity contribution in [2.75, 3.05) is 0 Å². The smallest absolute Gasteiger partial charge is 0.303 e. The van der Waals surface area contributed by atoms with E-state index in [0.29, 0.717) is 12.3 Å². The predicted molar refractivity (Wildman–Crippen MR) is 101 cm³/mol. The summed E-state index contributed by atoms with van der Waals surface area (Å²) in [7, 11) is 0. The highest BCUT2D eigenvalue weighted by Crippen LogP contribution is 2.63. The fraction of sp³-hybridized carbons (Fsp3) is 0.773. The fourth-order valence-corrected chi connectivity index (χ4v) is 6.72. The summed E-state index contributed by atoms with van der Waals surface area (Å²) in [5.74, 6) is -0.830. The normalized spacial score (nSPS) is 38.3. The topological polar surface area (TPSA) is 91.7 Å². The highest BCUT2D eigenvalue weighted by Gasteiger charge is 2.55. The summed E-state index contributed by atoms with van der Waals surface area (Å²) in [6.07, 6.45) is 6.17. The van der Waals surface area contributed by atoms with Gasteiger partial charge >= 0.3 is 11.9 Å². The number of fused-ring (bicyclic) bond motifs is 2. The average molecular weight is 376 g/mol. The quantitative estimate of drug-likeness (QED) is 0.668. The van der Waals surface area contributed by atoms with Crippen molar-refractivity contribution in [3.05, 3.63) is 11.1 Å². The van der Waals surface area contributed by atoms with E-state index in [0.717, 1.165) is 38.5 Å². The first-order valence-corrected chi connectivity index (χ1v) is 10.3. The first-order chi connectivity index (χ1) is 12.6. The molecule has 1 fully saturated rings. The van der Waals surface area contributed by atoms with Crippen molar-refractivity contribution in [2.24, 2.45) is 28.6 Å². The van der Waals surface area contributed by atoms with Gasteiger partial charge in [0.2, 0.25) is 0 Å². The molecule has 0 amide bonds. The molecule has 0 unspecified atom stereocenters. The average Bonchev–Trinajstić information content (AvgIpc) is 2.93. The Morgan fingerprint density at radius 2 is 1.74 bits per heavy atom. The van der Waals surface area contributed by atoms with Crippen LogP contribution in [0.2, 0.25) is 0 Å². The lowest BCUT2D eigenvalue weighted by Crippen LogP contribution is -2.43. The summed E-state index contributed by atoms with van der Waals surface area (Å²) in [6.45, 7) is 6.07. The van der Waals surface area contributed by atoms with Crippen LogP contribution in [-0.4, -0.2) is 27.9 Å². The standard InChI is InChI=1S/C22H32O5/c1-13(23)16-6-7-17-15-5-4-14(12-20(26)27)21(2,11-9-19(24)25)18(15)8-10-22(16,17)3/h14,16-17H,4-12H2,1-3H3,(H,24,25)(H,26,27)/t14-,16+,17-,21-,22+/m0/s1. The molecule has 2 N–H and O–H groups in total. The number of ketones is 1. The SMILES string of the molecule is CC(=O)[C@H]1CC[C@H]2C3=C(CC[C@]12C)[C@@](C)(CCC(=O)O)[C@H](CC(=O)O)CC3. The van der Waals surface area contributed by atoms with E-state index in [1.165, 1.54) is 11.1 Å². The molecule has 5 atom stereocenters. The van der Waals surface area contributed by atoms with Crippen LogP contribution in [0.5, 0.6) is 0 Å². The van der Waals surface area contributed by atoms with Crippen LogP contribution in [0, 0.1) is 28.6 Å². The van der Waals surface area contributed by atoms with Gasteiger partial charge in [-0.2, -0.15) is 0 Å². The van der Waals surface area contributed by atoms with E-state index < -0.39 is 11.9 Å². The Hall–Kier alpha value is -1.65. The van der Waals surface area contributed by atoms with Crippen molar-refractivity contribution in [1.82, 2.24) is 0 Å². The number of rotatable bonds is 6. The summed E-state index contributed by atoms with van der Waals surface area (Å²) in [4.78, 5) is 34.9. The lowest BCUT2D eigenvalue weighted by Gasteiger charge is -2.52. The predicted octanol–water partition coefficient (Wildman–Crippen LogP) is 4.45. The Bertz CT molecular complexity index is 693. The zero-order valence-corrected chi connectivity index (χ0v) is 16.7. The first kappa shape index (κ1) is 20.1. The molecule has 3 aliphatic carbocycles. The van der Waals surface area contributed by atoms with Gasteiger partial charge in [0, 0.05) is 18.8 Å². The molecule has 5 heteroatoms. The molecule has 3 aliphatic rings. The van der Waals surface area contributed by atoms with Crippen LogP contribution in [0.15, 0.2) is 11.1 Å². The Labute approximate surface area is 161 Å². The molecule has 1 saturated carbocycles. The minimum Gasteiger partial charge on any atom is -0.481 e. The molecular weight excluding hydrogens is 344 g/mol. The van der Waals surface area contributed by atoms with Crippen molar-refractivity contribution in [3.63, 3.8) is 0 Å². The van der Waals surface area contributed by atoms with Gasteiger partial charge in [-0.05, 0) is 74.5 Å². The molecule has 0 spiro atoms. The van der Waals surface area contributed by atoms with Gasteiger partial charge in [-0.15, -0.1) is 0 Å². The second-order valence-corrected chi connectivity index (χ2v) is 9.45. The van der Waals surface area contributed by atoms with Gasteiger partial charge in [0.15, 0.2) is 0 Å². The fourth-order valence-electron chi connectivity index (χ4n) is 6.72. The van der Waals surface area contributed by atoms with Crippen molar-refractivity contribution in [3.8, 4) is 0 Å². The van der Waals surface area contributed by atoms with Gasteiger partial charge in [0.1, 0.15) is 5.78 Å². The van der Waals surface area contributed by atoms with Gasteiger partial charge in [-0.3, -0.25) is 14.4 Å². The number of carboxylic acid groups (broad SMARTS) is 2. The molecular formula is C22H32O5. The number of aliphatic carboxylic acids is 2. The second kappa shape index (κ2) is 7.06. The van der Waals surface area contributed by atoms with Crippen molar-refractivity contribution in [1.29, 1.82) is 0 Å². The highest BCUT2D eigenvalue weighted by molar-refractivity contribution is 5.79. The number of carbonyl (C=O) groups excluding carboxylic acids is 1. The maximum absolute atomic E-state index is 12.2. The van der Waals surface area contributed by atoms with Crippen LogP contribution in [-0.2, 0) is 14.4 Å². The van der Waals surface area contributed by atoms with Gasteiger partial charge in [-0.1, -0.05) is 25.0 Å². The number of Topliss-reactive ketones (excluding diaryl/α,β-unsaturated/α-hetero) is 1. The monoisotopic (exact) mass is 376 g/mol. The van der Waals surface area contributed by atoms with Gasteiger partial charge in [0.25, 0.3) is 0 Å². The third-order valence-electron chi connectivity index (χ3n) is 8.18. The van der Waals surface area contributed by atoms with Crippen molar-refractivity contribution >= 4 is 17.7 Å². The van der Waals surface area contributed by atoms with Gasteiger partial charge in [0.05, 0.1) is 0 Å². The lowest BCUT2D eigenvalue weighted by molar-refractivity contribution is -0.139. The van der Waals surface area contributed by atoms with Crippen molar-refractivity contribution < 1.29 is 24.6 Å². The number of allylic oxidation sites excluding steroid dienone is 2. The molecule has 5 nitrogen and oxygen atoms in total. The zero-order valence-electron chi connectivity index (χ0n) is 16.7. The summed E-state index contributed by atoms with van der Waals surface area (Å²) in [5, 5.41) is 18.6. The van der Waals surface area contributed by atoms with E-state index >= 15 is 0 Å². The molecule has 0 heterocycles. The summed E-state index contributed by atoms with van der Waals surface area (Å²) >= 11 is 0. The van der Waals surface area contributed by atoms with Crippen LogP contribution in [0.1, 0.15) is 78.6 Å². The molecule has 0 aliphatic heterocycles. The Balaban J connectivity index is 1.99. The van der Waals surface area contributed by atoms with Crippen molar-refractivity contribution in [2.45, 2.75) is 78.6 Å². The molecule has 0 radical (unpaired) electrons. The lowest BCUT2D eigenvalue weighted by atomic mass is 9.52. The van der Waals surface area contributed by atoms with Gasteiger partial charge in [-0.25, -0.2) is 0 Å². The number of carboxylic acids is 2. The van der Waals surface area contributed by atoms with E-state index in [1.54, 1.807) is 6.92 Å². The maximum atomic E-state index is 12.2. The molecule has 150 valence electrons. The third-order valence-corrected chi connectivity index (χ3v) is 8.18. The highest BCUT2D eigenvalue weighted by atomic mass is 16.4. The molecule has 0 bridgehead atoms. The molecule has 0 aromatic rings. The van der Waals surface area contributed by atoms with E-state index in [1.807, 2.05) is 0 Å².